The van der Waals surface area contributed by atoms with Crippen LogP contribution < -0.4 is 0 Å². The van der Waals surface area contributed by atoms with E-state index in [1.54, 1.807) is 4.90 Å². The van der Waals surface area contributed by atoms with Crippen LogP contribution in [0.2, 0.25) is 0 Å². The highest BCUT2D eigenvalue weighted by atomic mass is 16.5. The maximum absolute atomic E-state index is 12.6. The van der Waals surface area contributed by atoms with Crippen molar-refractivity contribution < 1.29 is 19.4 Å². The van der Waals surface area contributed by atoms with Gasteiger partial charge in [-0.2, -0.15) is 0 Å². The summed E-state index contributed by atoms with van der Waals surface area (Å²) in [4.78, 5) is 26.8. The fourth-order valence-corrected chi connectivity index (χ4v) is 2.37. The molecule has 1 saturated heterocycles. The molecule has 1 heterocycles. The van der Waals surface area contributed by atoms with Crippen LogP contribution in [0.1, 0.15) is 33.1 Å². The SMILES string of the molecule is CC1CN(C(=O)N(CCC(=O)O)C2CC2)C(C)CO1. The molecule has 1 saturated carbocycles. The molecule has 6 nitrogen and oxygen atoms in total. The van der Waals surface area contributed by atoms with Gasteiger partial charge in [-0.25, -0.2) is 4.79 Å². The van der Waals surface area contributed by atoms with E-state index in [-0.39, 0.29) is 30.6 Å². The molecular weight excluding hydrogens is 248 g/mol. The molecule has 2 fully saturated rings. The maximum atomic E-state index is 12.6. The molecule has 2 unspecified atom stereocenters. The molecule has 2 rings (SSSR count). The summed E-state index contributed by atoms with van der Waals surface area (Å²) in [6.07, 6.45) is 2.02. The van der Waals surface area contributed by atoms with Crippen molar-refractivity contribution in [1.82, 2.24) is 9.80 Å². The zero-order valence-corrected chi connectivity index (χ0v) is 11.5. The Morgan fingerprint density at radius 3 is 2.63 bits per heavy atom. The fraction of sp³-hybridized carbons (Fsp3) is 0.846. The van der Waals surface area contributed by atoms with Gasteiger partial charge < -0.3 is 19.6 Å². The Kier molecular flexibility index (Phi) is 4.29. The first-order valence-corrected chi connectivity index (χ1v) is 6.89. The van der Waals surface area contributed by atoms with Crippen molar-refractivity contribution in [2.75, 3.05) is 19.7 Å². The van der Waals surface area contributed by atoms with Gasteiger partial charge in [0.1, 0.15) is 0 Å². The first-order chi connectivity index (χ1) is 8.99. The number of carboxylic acid groups (broad SMARTS) is 1. The zero-order valence-electron chi connectivity index (χ0n) is 11.5. The smallest absolute Gasteiger partial charge is 0.320 e. The Morgan fingerprint density at radius 2 is 2.05 bits per heavy atom. The third-order valence-corrected chi connectivity index (χ3v) is 3.65. The van der Waals surface area contributed by atoms with Crippen LogP contribution >= 0.6 is 0 Å². The summed E-state index contributed by atoms with van der Waals surface area (Å²) in [6, 6.07) is 0.248. The van der Waals surface area contributed by atoms with E-state index in [1.165, 1.54) is 0 Å². The van der Waals surface area contributed by atoms with Crippen molar-refractivity contribution in [3.8, 4) is 0 Å². The van der Waals surface area contributed by atoms with Crippen LogP contribution in [-0.2, 0) is 9.53 Å². The van der Waals surface area contributed by atoms with Crippen molar-refractivity contribution in [3.05, 3.63) is 0 Å². The van der Waals surface area contributed by atoms with Gasteiger partial charge in [0, 0.05) is 19.1 Å². The fourth-order valence-electron chi connectivity index (χ4n) is 2.37. The Morgan fingerprint density at radius 1 is 1.37 bits per heavy atom. The zero-order chi connectivity index (χ0) is 14.0. The van der Waals surface area contributed by atoms with Gasteiger partial charge in [-0.15, -0.1) is 0 Å². The Hall–Kier alpha value is -1.30. The predicted octanol–water partition coefficient (Wildman–Crippen LogP) is 1.15. The normalized spacial score (nSPS) is 27.2. The lowest BCUT2D eigenvalue weighted by molar-refractivity contribution is -0.137. The van der Waals surface area contributed by atoms with Crippen molar-refractivity contribution in [3.63, 3.8) is 0 Å². The van der Waals surface area contributed by atoms with Crippen molar-refractivity contribution in [2.45, 2.75) is 51.3 Å². The third-order valence-electron chi connectivity index (χ3n) is 3.65. The summed E-state index contributed by atoms with van der Waals surface area (Å²) in [5.74, 6) is -0.859. The van der Waals surface area contributed by atoms with E-state index < -0.39 is 5.97 Å². The number of aliphatic carboxylic acids is 1. The molecule has 0 bridgehead atoms. The number of morpholine rings is 1. The highest BCUT2D eigenvalue weighted by Gasteiger charge is 2.37. The van der Waals surface area contributed by atoms with Crippen LogP contribution in [0.15, 0.2) is 0 Å². The lowest BCUT2D eigenvalue weighted by atomic mass is 10.2. The molecule has 1 aliphatic heterocycles. The molecule has 1 N–H and O–H groups in total. The Labute approximate surface area is 113 Å². The van der Waals surface area contributed by atoms with Gasteiger partial charge in [-0.3, -0.25) is 4.79 Å². The molecule has 108 valence electrons. The molecular formula is C13H22N2O4. The van der Waals surface area contributed by atoms with Crippen LogP contribution in [-0.4, -0.2) is 64.8 Å². The molecule has 0 radical (unpaired) electrons. The quantitative estimate of drug-likeness (QED) is 0.832. The van der Waals surface area contributed by atoms with Gasteiger partial charge >= 0.3 is 12.0 Å². The molecule has 2 amide bonds. The van der Waals surface area contributed by atoms with Crippen molar-refractivity contribution in [1.29, 1.82) is 0 Å². The maximum Gasteiger partial charge on any atom is 0.320 e. The third kappa shape index (κ3) is 3.59. The minimum Gasteiger partial charge on any atom is -0.481 e. The predicted molar refractivity (Wildman–Crippen MR) is 69.0 cm³/mol. The largest absolute Gasteiger partial charge is 0.481 e. The summed E-state index contributed by atoms with van der Waals surface area (Å²) in [5.41, 5.74) is 0. The van der Waals surface area contributed by atoms with Crippen LogP contribution in [0, 0.1) is 0 Å². The van der Waals surface area contributed by atoms with E-state index in [1.807, 2.05) is 18.7 Å². The van der Waals surface area contributed by atoms with Crippen LogP contribution in [0.3, 0.4) is 0 Å². The number of carbonyl (C=O) groups excluding carboxylic acids is 1. The number of rotatable bonds is 4. The number of nitrogens with zero attached hydrogens (tertiary/aromatic N) is 2. The number of ether oxygens (including phenoxy) is 1. The van der Waals surface area contributed by atoms with Gasteiger partial charge in [-0.1, -0.05) is 0 Å². The first kappa shape index (κ1) is 14.1. The van der Waals surface area contributed by atoms with E-state index in [0.29, 0.717) is 19.7 Å². The molecule has 0 spiro atoms. The highest BCUT2D eigenvalue weighted by molar-refractivity contribution is 5.76. The van der Waals surface area contributed by atoms with E-state index in [9.17, 15) is 9.59 Å². The molecule has 19 heavy (non-hydrogen) atoms. The molecule has 2 atom stereocenters. The lowest BCUT2D eigenvalue weighted by Gasteiger charge is -2.39. The standard InChI is InChI=1S/C13H22N2O4/c1-9-8-19-10(2)7-15(9)13(18)14(11-3-4-11)6-5-12(16)17/h9-11H,3-8H2,1-2H3,(H,16,17). The topological polar surface area (TPSA) is 70.1 Å². The average molecular weight is 270 g/mol. The minimum absolute atomic E-state index is 0.0104. The average Bonchev–Trinajstić information content (AvgIpc) is 3.16. The van der Waals surface area contributed by atoms with Gasteiger partial charge in [0.15, 0.2) is 0 Å². The monoisotopic (exact) mass is 270 g/mol. The van der Waals surface area contributed by atoms with Crippen LogP contribution in [0.25, 0.3) is 0 Å². The first-order valence-electron chi connectivity index (χ1n) is 6.89. The highest BCUT2D eigenvalue weighted by Crippen LogP contribution is 2.29. The van der Waals surface area contributed by atoms with Gasteiger partial charge in [0.2, 0.25) is 0 Å². The van der Waals surface area contributed by atoms with E-state index in [2.05, 4.69) is 0 Å². The second kappa shape index (κ2) is 5.77. The summed E-state index contributed by atoms with van der Waals surface area (Å²) < 4.78 is 5.52. The summed E-state index contributed by atoms with van der Waals surface area (Å²) in [6.45, 7) is 5.34. The Bertz CT molecular complexity index is 357. The van der Waals surface area contributed by atoms with E-state index >= 15 is 0 Å². The number of hydrogen-bond acceptors (Lipinski definition) is 3. The second-order valence-corrected chi connectivity index (χ2v) is 5.50. The van der Waals surface area contributed by atoms with E-state index in [0.717, 1.165) is 12.8 Å². The second-order valence-electron chi connectivity index (χ2n) is 5.50. The molecule has 2 aliphatic rings. The summed E-state index contributed by atoms with van der Waals surface area (Å²) in [7, 11) is 0. The number of amides is 2. The molecule has 0 aromatic heterocycles. The molecule has 6 heteroatoms. The number of carboxylic acids is 1. The Balaban J connectivity index is 1.99. The van der Waals surface area contributed by atoms with Crippen molar-refractivity contribution in [2.24, 2.45) is 0 Å². The van der Waals surface area contributed by atoms with Crippen molar-refractivity contribution >= 4 is 12.0 Å². The number of hydrogen-bond donors (Lipinski definition) is 1. The van der Waals surface area contributed by atoms with E-state index in [4.69, 9.17) is 9.84 Å². The summed E-state index contributed by atoms with van der Waals surface area (Å²) >= 11 is 0. The lowest BCUT2D eigenvalue weighted by Crippen LogP contribution is -2.55. The molecule has 1 aliphatic carbocycles. The van der Waals surface area contributed by atoms with Gasteiger partial charge in [-0.05, 0) is 26.7 Å². The number of urea groups is 1. The molecule has 0 aromatic rings. The van der Waals surface area contributed by atoms with Gasteiger partial charge in [0.25, 0.3) is 0 Å². The van der Waals surface area contributed by atoms with Crippen LogP contribution in [0.5, 0.6) is 0 Å². The minimum atomic E-state index is -0.859. The summed E-state index contributed by atoms with van der Waals surface area (Å²) in [5, 5.41) is 8.78. The van der Waals surface area contributed by atoms with Gasteiger partial charge in [0.05, 0.1) is 25.2 Å². The molecule has 0 aromatic carbocycles. The van der Waals surface area contributed by atoms with Crippen LogP contribution in [0.4, 0.5) is 4.79 Å². The number of carbonyl (C=O) groups is 2.